The summed E-state index contributed by atoms with van der Waals surface area (Å²) in [4.78, 5) is 33.9. The molecular formula is C27H32N4O4. The number of aromatic nitrogens is 2. The fourth-order valence-corrected chi connectivity index (χ4v) is 4.69. The van der Waals surface area contributed by atoms with Crippen molar-refractivity contribution in [1.29, 1.82) is 0 Å². The zero-order valence-corrected chi connectivity index (χ0v) is 20.1. The van der Waals surface area contributed by atoms with Gasteiger partial charge in [0.2, 0.25) is 5.91 Å². The number of methoxy groups -OCH3 is 1. The Kier molecular flexibility index (Phi) is 7.70. The van der Waals surface area contributed by atoms with Crippen molar-refractivity contribution in [2.45, 2.75) is 44.2 Å². The zero-order valence-electron chi connectivity index (χ0n) is 20.1. The Bertz CT molecular complexity index is 1140. The number of benzene rings is 2. The molecule has 3 aromatic rings. The number of nitrogens with zero attached hydrogens (tertiary/aromatic N) is 2. The Balaban J connectivity index is 1.49. The van der Waals surface area contributed by atoms with Crippen molar-refractivity contribution in [2.75, 3.05) is 14.2 Å². The fourth-order valence-electron chi connectivity index (χ4n) is 4.69. The van der Waals surface area contributed by atoms with E-state index < -0.39 is 6.09 Å². The molecule has 1 atom stereocenters. The van der Waals surface area contributed by atoms with Crippen LogP contribution in [0.1, 0.15) is 43.1 Å². The van der Waals surface area contributed by atoms with Gasteiger partial charge in [0.1, 0.15) is 11.6 Å². The highest BCUT2D eigenvalue weighted by Crippen LogP contribution is 2.29. The molecule has 184 valence electrons. The lowest BCUT2D eigenvalue weighted by atomic mass is 9.84. The number of ether oxygens (including phenoxy) is 1. The Morgan fingerprint density at radius 1 is 1.14 bits per heavy atom. The molecule has 0 aliphatic heterocycles. The first-order valence-corrected chi connectivity index (χ1v) is 11.9. The lowest BCUT2D eigenvalue weighted by molar-refractivity contribution is -0.127. The van der Waals surface area contributed by atoms with E-state index >= 15 is 0 Å². The summed E-state index contributed by atoms with van der Waals surface area (Å²) in [6, 6.07) is 17.4. The van der Waals surface area contributed by atoms with Crippen LogP contribution in [-0.2, 0) is 11.2 Å². The highest BCUT2D eigenvalue weighted by atomic mass is 16.5. The lowest BCUT2D eigenvalue weighted by Crippen LogP contribution is -2.42. The van der Waals surface area contributed by atoms with Gasteiger partial charge in [-0.2, -0.15) is 0 Å². The molecule has 2 amide bonds. The summed E-state index contributed by atoms with van der Waals surface area (Å²) in [5, 5.41) is 12.5. The maximum Gasteiger partial charge on any atom is 0.407 e. The summed E-state index contributed by atoms with van der Waals surface area (Å²) in [7, 11) is 3.23. The van der Waals surface area contributed by atoms with Crippen LogP contribution >= 0.6 is 0 Å². The molecule has 1 aliphatic carbocycles. The molecule has 0 unspecified atom stereocenters. The first-order chi connectivity index (χ1) is 16.9. The molecule has 0 saturated heterocycles. The maximum absolute atomic E-state index is 13.2. The Morgan fingerprint density at radius 3 is 2.57 bits per heavy atom. The number of hydrogen-bond donors (Lipinski definition) is 3. The number of hydrogen-bond acceptors (Lipinski definition) is 4. The van der Waals surface area contributed by atoms with Crippen molar-refractivity contribution in [3.8, 4) is 17.0 Å². The number of imidazole rings is 1. The van der Waals surface area contributed by atoms with Gasteiger partial charge in [0.05, 0.1) is 25.0 Å². The number of nitrogens with one attached hydrogen (secondary N) is 2. The Morgan fingerprint density at radius 2 is 1.89 bits per heavy atom. The molecule has 4 rings (SSSR count). The van der Waals surface area contributed by atoms with Gasteiger partial charge >= 0.3 is 6.09 Å². The zero-order chi connectivity index (χ0) is 24.8. The third kappa shape index (κ3) is 6.01. The molecule has 0 bridgehead atoms. The number of carboxylic acid groups (broad SMARTS) is 1. The van der Waals surface area contributed by atoms with Crippen LogP contribution in [0.25, 0.3) is 11.3 Å². The molecule has 3 N–H and O–H groups in total. The molecule has 1 aliphatic rings. The smallest absolute Gasteiger partial charge is 0.407 e. The fraction of sp³-hybridized carbons (Fsp3) is 0.370. The van der Waals surface area contributed by atoms with Crippen LogP contribution in [0.3, 0.4) is 0 Å². The first-order valence-electron chi connectivity index (χ1n) is 11.9. The second-order valence-corrected chi connectivity index (χ2v) is 9.06. The number of H-pyrrole nitrogens is 1. The molecule has 1 heterocycles. The van der Waals surface area contributed by atoms with E-state index in [1.807, 2.05) is 54.6 Å². The highest BCUT2D eigenvalue weighted by Gasteiger charge is 2.31. The van der Waals surface area contributed by atoms with Gasteiger partial charge in [0, 0.05) is 24.6 Å². The van der Waals surface area contributed by atoms with E-state index in [1.54, 1.807) is 20.4 Å². The van der Waals surface area contributed by atoms with Crippen molar-refractivity contribution >= 4 is 12.0 Å². The Hall–Kier alpha value is -3.81. The lowest BCUT2D eigenvalue weighted by Gasteiger charge is -2.33. The SMILES string of the molecule is COc1cccc(-c2cnc([C@H](Cc3ccccc3)NC(=O)C3CCC(N(C)C(=O)O)CC3)[nH]2)c1. The normalized spacial score (nSPS) is 18.5. The summed E-state index contributed by atoms with van der Waals surface area (Å²) in [5.74, 6) is 1.30. The molecule has 1 fully saturated rings. The van der Waals surface area contributed by atoms with Crippen LogP contribution < -0.4 is 10.1 Å². The van der Waals surface area contributed by atoms with Gasteiger partial charge in [0.15, 0.2) is 0 Å². The van der Waals surface area contributed by atoms with Crippen LogP contribution in [0.15, 0.2) is 60.8 Å². The number of rotatable bonds is 8. The van der Waals surface area contributed by atoms with Gasteiger partial charge < -0.3 is 25.0 Å². The van der Waals surface area contributed by atoms with Crippen LogP contribution in [0.4, 0.5) is 4.79 Å². The number of carbonyl (C=O) groups is 2. The number of carbonyl (C=O) groups excluding carboxylic acids is 1. The molecule has 2 aromatic carbocycles. The van der Waals surface area contributed by atoms with Gasteiger partial charge in [0.25, 0.3) is 0 Å². The van der Waals surface area contributed by atoms with Crippen molar-refractivity contribution < 1.29 is 19.4 Å². The maximum atomic E-state index is 13.2. The van der Waals surface area contributed by atoms with Crippen molar-refractivity contribution in [2.24, 2.45) is 5.92 Å². The van der Waals surface area contributed by atoms with Crippen LogP contribution in [-0.4, -0.2) is 52.2 Å². The largest absolute Gasteiger partial charge is 0.497 e. The molecule has 35 heavy (non-hydrogen) atoms. The minimum Gasteiger partial charge on any atom is -0.497 e. The van der Waals surface area contributed by atoms with Crippen molar-refractivity contribution in [3.05, 3.63) is 72.2 Å². The van der Waals surface area contributed by atoms with Crippen LogP contribution in [0.2, 0.25) is 0 Å². The third-order valence-electron chi connectivity index (χ3n) is 6.82. The van der Waals surface area contributed by atoms with Gasteiger partial charge in [-0.1, -0.05) is 42.5 Å². The molecule has 1 saturated carbocycles. The molecule has 0 spiro atoms. The van der Waals surface area contributed by atoms with E-state index in [1.165, 1.54) is 4.90 Å². The van der Waals surface area contributed by atoms with Crippen molar-refractivity contribution in [3.63, 3.8) is 0 Å². The monoisotopic (exact) mass is 476 g/mol. The van der Waals surface area contributed by atoms with E-state index in [4.69, 9.17) is 4.74 Å². The molecular weight excluding hydrogens is 444 g/mol. The average molecular weight is 477 g/mol. The van der Waals surface area contributed by atoms with Gasteiger partial charge in [-0.3, -0.25) is 4.79 Å². The van der Waals surface area contributed by atoms with Crippen LogP contribution in [0.5, 0.6) is 5.75 Å². The number of amides is 2. The third-order valence-corrected chi connectivity index (χ3v) is 6.82. The standard InChI is InChI=1S/C27H32N4O4/c1-31(27(33)34)21-13-11-19(12-14-21)26(32)30-23(15-18-7-4-3-5-8-18)25-28-17-24(29-25)20-9-6-10-22(16-20)35-2/h3-10,16-17,19,21,23H,11-15H2,1-2H3,(H,28,29)(H,30,32)(H,33,34)/t19?,21?,23-/m0/s1. The van der Waals surface area contributed by atoms with E-state index in [0.717, 1.165) is 22.6 Å². The summed E-state index contributed by atoms with van der Waals surface area (Å²) < 4.78 is 5.34. The minimum atomic E-state index is -0.925. The second kappa shape index (κ2) is 11.1. The van der Waals surface area contributed by atoms with Gasteiger partial charge in [-0.05, 0) is 49.8 Å². The van der Waals surface area contributed by atoms with E-state index in [-0.39, 0.29) is 23.9 Å². The Labute approximate surface area is 205 Å². The quantitative estimate of drug-likeness (QED) is 0.439. The first kappa shape index (κ1) is 24.3. The van der Waals surface area contributed by atoms with E-state index in [2.05, 4.69) is 15.3 Å². The highest BCUT2D eigenvalue weighted by molar-refractivity contribution is 5.79. The second-order valence-electron chi connectivity index (χ2n) is 9.06. The summed E-state index contributed by atoms with van der Waals surface area (Å²) in [6.45, 7) is 0. The molecule has 8 heteroatoms. The van der Waals surface area contributed by atoms with Gasteiger partial charge in [-0.25, -0.2) is 9.78 Å². The van der Waals surface area contributed by atoms with E-state index in [9.17, 15) is 14.7 Å². The van der Waals surface area contributed by atoms with E-state index in [0.29, 0.717) is 37.9 Å². The minimum absolute atomic E-state index is 0.0123. The average Bonchev–Trinajstić information content (AvgIpc) is 3.39. The predicted octanol–water partition coefficient (Wildman–Crippen LogP) is 4.65. The topological polar surface area (TPSA) is 108 Å². The van der Waals surface area contributed by atoms with Crippen LogP contribution in [0, 0.1) is 5.92 Å². The van der Waals surface area contributed by atoms with Gasteiger partial charge in [-0.15, -0.1) is 0 Å². The molecule has 8 nitrogen and oxygen atoms in total. The molecule has 1 aromatic heterocycles. The predicted molar refractivity (Wildman–Crippen MR) is 133 cm³/mol. The van der Waals surface area contributed by atoms with Crippen molar-refractivity contribution in [1.82, 2.24) is 20.2 Å². The number of aromatic amines is 1. The summed E-state index contributed by atoms with van der Waals surface area (Å²) in [6.07, 6.45) is 4.16. The molecule has 0 radical (unpaired) electrons. The summed E-state index contributed by atoms with van der Waals surface area (Å²) in [5.41, 5.74) is 2.90. The summed E-state index contributed by atoms with van der Waals surface area (Å²) >= 11 is 0.